The summed E-state index contributed by atoms with van der Waals surface area (Å²) in [4.78, 5) is 0. The van der Waals surface area contributed by atoms with Crippen LogP contribution in [-0.2, 0) is 0 Å². The highest BCUT2D eigenvalue weighted by molar-refractivity contribution is 7.37. The molecule has 0 bridgehead atoms. The van der Waals surface area contributed by atoms with Crippen molar-refractivity contribution in [1.82, 2.24) is 0 Å². The van der Waals surface area contributed by atoms with Crippen LogP contribution in [0.1, 0.15) is 25.7 Å². The van der Waals surface area contributed by atoms with E-state index in [1.807, 2.05) is 0 Å². The van der Waals surface area contributed by atoms with Gasteiger partial charge in [-0.25, -0.2) is 0 Å². The summed E-state index contributed by atoms with van der Waals surface area (Å²) in [5.41, 5.74) is 1.12. The van der Waals surface area contributed by atoms with Gasteiger partial charge in [0, 0.05) is 0 Å². The Morgan fingerprint density at radius 2 is 1.86 bits per heavy atom. The summed E-state index contributed by atoms with van der Waals surface area (Å²) in [7, 11) is 1.21. The maximum atomic E-state index is 2.33. The minimum absolute atomic E-state index is 1.12. The lowest BCUT2D eigenvalue weighted by Gasteiger charge is -2.00. The van der Waals surface area contributed by atoms with E-state index in [1.54, 1.807) is 0 Å². The molecule has 0 aromatic heterocycles. The Morgan fingerprint density at radius 1 is 1.29 bits per heavy atom. The molecule has 1 saturated carbocycles. The first-order valence-electron chi connectivity index (χ1n) is 3.11. The highest BCUT2D eigenvalue weighted by atomic mass is 31.1. The third kappa shape index (κ3) is 1.42. The molecule has 0 nitrogen and oxygen atoms in total. The number of hydrogen-bond acceptors (Lipinski definition) is 0. The monoisotopic (exact) mass is 116 g/mol. The molecular weight excluding hydrogens is 103 g/mol. The zero-order chi connectivity index (χ0) is 5.11. The van der Waals surface area contributed by atoms with Gasteiger partial charge in [-0.1, -0.05) is 12.8 Å². The number of hydrogen-bond donors (Lipinski definition) is 0. The van der Waals surface area contributed by atoms with Crippen LogP contribution in [-0.4, -0.2) is 12.3 Å². The van der Waals surface area contributed by atoms with Gasteiger partial charge in [0.05, 0.1) is 0 Å². The van der Waals surface area contributed by atoms with Gasteiger partial charge in [0.1, 0.15) is 0 Å². The second-order valence-corrected chi connectivity index (χ2v) is 3.66. The van der Waals surface area contributed by atoms with Crippen LogP contribution in [0.15, 0.2) is 0 Å². The first kappa shape index (κ1) is 5.56. The fourth-order valence-electron chi connectivity index (χ4n) is 1.21. The van der Waals surface area contributed by atoms with Crippen molar-refractivity contribution in [3.63, 3.8) is 0 Å². The van der Waals surface area contributed by atoms with E-state index >= 15 is 0 Å². The van der Waals surface area contributed by atoms with E-state index < -0.39 is 0 Å². The fraction of sp³-hybridized carbons (Fsp3) is 1.00. The Bertz CT molecular complexity index is 46.1. The van der Waals surface area contributed by atoms with E-state index in [0.717, 1.165) is 5.66 Å². The summed E-state index contributed by atoms with van der Waals surface area (Å²) in [5, 5.41) is 0. The summed E-state index contributed by atoms with van der Waals surface area (Å²) in [5.74, 6) is 0. The van der Waals surface area contributed by atoms with Crippen LogP contribution in [0.3, 0.4) is 0 Å². The highest BCUT2D eigenvalue weighted by Crippen LogP contribution is 2.31. The van der Waals surface area contributed by atoms with Crippen LogP contribution < -0.4 is 0 Å². The zero-order valence-corrected chi connectivity index (χ0v) is 5.91. The fourth-order valence-corrected chi connectivity index (χ4v) is 2.20. The van der Waals surface area contributed by atoms with Gasteiger partial charge in [-0.2, -0.15) is 0 Å². The van der Waals surface area contributed by atoms with Crippen molar-refractivity contribution in [2.75, 3.05) is 6.66 Å². The van der Waals surface area contributed by atoms with Gasteiger partial charge in [0.15, 0.2) is 0 Å². The molecule has 0 aromatic carbocycles. The van der Waals surface area contributed by atoms with Gasteiger partial charge in [-0.15, -0.1) is 8.58 Å². The van der Waals surface area contributed by atoms with Gasteiger partial charge in [-0.05, 0) is 25.2 Å². The molecule has 1 heteroatoms. The van der Waals surface area contributed by atoms with Crippen molar-refractivity contribution in [3.8, 4) is 0 Å². The van der Waals surface area contributed by atoms with Crippen molar-refractivity contribution >= 4 is 8.58 Å². The Hall–Kier alpha value is 0.430. The standard InChI is InChI=1S/C6H13P/c1-7-6-4-2-3-5-6/h6-7H,2-5H2,1H3. The van der Waals surface area contributed by atoms with Crippen LogP contribution in [0.4, 0.5) is 0 Å². The zero-order valence-electron chi connectivity index (χ0n) is 4.91. The molecule has 7 heavy (non-hydrogen) atoms. The van der Waals surface area contributed by atoms with Gasteiger partial charge in [0.2, 0.25) is 0 Å². The molecule has 1 rings (SSSR count). The molecule has 0 saturated heterocycles. The smallest absolute Gasteiger partial charge is 0.0239 e. The van der Waals surface area contributed by atoms with E-state index in [1.165, 1.54) is 34.3 Å². The van der Waals surface area contributed by atoms with E-state index in [9.17, 15) is 0 Å². The van der Waals surface area contributed by atoms with Crippen LogP contribution in [0.5, 0.6) is 0 Å². The average molecular weight is 116 g/mol. The summed E-state index contributed by atoms with van der Waals surface area (Å²) < 4.78 is 0. The first-order valence-corrected chi connectivity index (χ1v) is 4.68. The molecule has 0 amide bonds. The molecule has 1 fully saturated rings. The maximum absolute atomic E-state index is 2.33. The molecule has 42 valence electrons. The minimum Gasteiger partial charge on any atom is -0.122 e. The lowest BCUT2D eigenvalue weighted by atomic mass is 10.4. The van der Waals surface area contributed by atoms with Crippen LogP contribution in [0.2, 0.25) is 0 Å². The van der Waals surface area contributed by atoms with Crippen LogP contribution in [0.25, 0.3) is 0 Å². The third-order valence-corrected chi connectivity index (χ3v) is 3.16. The molecule has 0 radical (unpaired) electrons. The molecule has 0 N–H and O–H groups in total. The third-order valence-electron chi connectivity index (χ3n) is 1.76. The normalized spacial score (nSPS) is 25.3. The van der Waals surface area contributed by atoms with Gasteiger partial charge in [0.25, 0.3) is 0 Å². The lowest BCUT2D eigenvalue weighted by Crippen LogP contribution is -1.87. The second kappa shape index (κ2) is 2.67. The SMILES string of the molecule is CPC1CCCC1. The lowest BCUT2D eigenvalue weighted by molar-refractivity contribution is 0.886. The van der Waals surface area contributed by atoms with E-state index in [2.05, 4.69) is 6.66 Å². The number of rotatable bonds is 1. The molecule has 1 atom stereocenters. The minimum atomic E-state index is 1.12. The maximum Gasteiger partial charge on any atom is -0.0239 e. The average Bonchev–Trinajstić information content (AvgIpc) is 2.14. The van der Waals surface area contributed by atoms with Crippen molar-refractivity contribution in [2.45, 2.75) is 31.3 Å². The molecule has 0 heterocycles. The highest BCUT2D eigenvalue weighted by Gasteiger charge is 2.11. The predicted molar refractivity (Wildman–Crippen MR) is 36.5 cm³/mol. The van der Waals surface area contributed by atoms with Gasteiger partial charge < -0.3 is 0 Å². The largest absolute Gasteiger partial charge is 0.122 e. The van der Waals surface area contributed by atoms with E-state index in [0.29, 0.717) is 0 Å². The molecule has 0 aliphatic heterocycles. The van der Waals surface area contributed by atoms with E-state index in [4.69, 9.17) is 0 Å². The van der Waals surface area contributed by atoms with Gasteiger partial charge >= 0.3 is 0 Å². The Balaban J connectivity index is 2.14. The topological polar surface area (TPSA) is 0 Å². The van der Waals surface area contributed by atoms with Crippen molar-refractivity contribution in [2.24, 2.45) is 0 Å². The second-order valence-electron chi connectivity index (χ2n) is 2.27. The van der Waals surface area contributed by atoms with Crippen molar-refractivity contribution < 1.29 is 0 Å². The molecule has 1 unspecified atom stereocenters. The Labute approximate surface area is 47.5 Å². The summed E-state index contributed by atoms with van der Waals surface area (Å²) in [6, 6.07) is 0. The van der Waals surface area contributed by atoms with Crippen molar-refractivity contribution in [3.05, 3.63) is 0 Å². The van der Waals surface area contributed by atoms with E-state index in [-0.39, 0.29) is 0 Å². The van der Waals surface area contributed by atoms with Crippen molar-refractivity contribution in [1.29, 1.82) is 0 Å². The molecule has 0 aromatic rings. The molecule has 1 aliphatic carbocycles. The first-order chi connectivity index (χ1) is 3.43. The summed E-state index contributed by atoms with van der Waals surface area (Å²) in [6.07, 6.45) is 6.06. The molecule has 1 aliphatic rings. The van der Waals surface area contributed by atoms with Crippen LogP contribution >= 0.6 is 8.58 Å². The summed E-state index contributed by atoms with van der Waals surface area (Å²) in [6.45, 7) is 2.33. The Kier molecular flexibility index (Phi) is 2.12. The van der Waals surface area contributed by atoms with Crippen LogP contribution in [0, 0.1) is 0 Å². The van der Waals surface area contributed by atoms with Gasteiger partial charge in [-0.3, -0.25) is 0 Å². The quantitative estimate of drug-likeness (QED) is 0.461. The Morgan fingerprint density at radius 3 is 2.14 bits per heavy atom. The summed E-state index contributed by atoms with van der Waals surface area (Å²) >= 11 is 0. The molecule has 0 spiro atoms. The predicted octanol–water partition coefficient (Wildman–Crippen LogP) is 2.24. The molecular formula is C6H13P.